The van der Waals surface area contributed by atoms with Gasteiger partial charge < -0.3 is 0 Å². The van der Waals surface area contributed by atoms with Crippen LogP contribution in [0.1, 0.15) is 0 Å². The van der Waals surface area contributed by atoms with Crippen LogP contribution in [0.2, 0.25) is 0 Å². The predicted octanol–water partition coefficient (Wildman–Crippen LogP) is 2.69. The number of fused-ring (bicyclic) bond motifs is 1. The Morgan fingerprint density at radius 1 is 1.21 bits per heavy atom. The fourth-order valence-electron chi connectivity index (χ4n) is 1.42. The minimum absolute atomic E-state index is 0.839. The standard InChI is InChI=1S/C10H7N3S/c1-2-4-8-7(3-1)5-9(14-8)10-11-6-12-13-10/h1-6H,(H,11,12,13). The van der Waals surface area contributed by atoms with Crippen molar-refractivity contribution in [1.82, 2.24) is 15.2 Å². The van der Waals surface area contributed by atoms with E-state index in [1.807, 2.05) is 12.1 Å². The molecular weight excluding hydrogens is 194 g/mol. The molecule has 1 aromatic carbocycles. The number of hydrogen-bond acceptors (Lipinski definition) is 3. The third kappa shape index (κ3) is 1.12. The van der Waals surface area contributed by atoms with Crippen molar-refractivity contribution in [2.24, 2.45) is 0 Å². The molecule has 0 amide bonds. The molecule has 0 saturated heterocycles. The van der Waals surface area contributed by atoms with Crippen LogP contribution in [0.3, 0.4) is 0 Å². The summed E-state index contributed by atoms with van der Waals surface area (Å²) in [5.41, 5.74) is 0. The van der Waals surface area contributed by atoms with Crippen LogP contribution in [0.25, 0.3) is 20.8 Å². The maximum atomic E-state index is 4.13. The lowest BCUT2D eigenvalue weighted by Crippen LogP contribution is -1.72. The Labute approximate surface area is 84.4 Å². The van der Waals surface area contributed by atoms with E-state index in [4.69, 9.17) is 0 Å². The van der Waals surface area contributed by atoms with Crippen LogP contribution in [0, 0.1) is 0 Å². The van der Waals surface area contributed by atoms with Crippen molar-refractivity contribution in [1.29, 1.82) is 0 Å². The van der Waals surface area contributed by atoms with Gasteiger partial charge in [-0.25, -0.2) is 4.98 Å². The summed E-state index contributed by atoms with van der Waals surface area (Å²) in [6.45, 7) is 0. The van der Waals surface area contributed by atoms with Gasteiger partial charge in [0.2, 0.25) is 0 Å². The summed E-state index contributed by atoms with van der Waals surface area (Å²) in [6.07, 6.45) is 1.53. The molecule has 3 rings (SSSR count). The largest absolute Gasteiger partial charge is 0.259 e. The van der Waals surface area contributed by atoms with Crippen LogP contribution in [0.4, 0.5) is 0 Å². The van der Waals surface area contributed by atoms with Crippen LogP contribution >= 0.6 is 11.3 Å². The SMILES string of the molecule is c1ccc2sc(-c3ncn[nH]3)cc2c1. The zero-order valence-electron chi connectivity index (χ0n) is 7.27. The van der Waals surface area contributed by atoms with Crippen molar-refractivity contribution < 1.29 is 0 Å². The number of rotatable bonds is 1. The lowest BCUT2D eigenvalue weighted by Gasteiger charge is -1.84. The minimum atomic E-state index is 0.839. The van der Waals surface area contributed by atoms with Crippen molar-refractivity contribution in [2.75, 3.05) is 0 Å². The first-order chi connectivity index (χ1) is 6.93. The van der Waals surface area contributed by atoms with Crippen molar-refractivity contribution in [3.05, 3.63) is 36.7 Å². The van der Waals surface area contributed by atoms with Gasteiger partial charge in [0, 0.05) is 4.70 Å². The van der Waals surface area contributed by atoms with E-state index < -0.39 is 0 Å². The van der Waals surface area contributed by atoms with Gasteiger partial charge in [-0.1, -0.05) is 18.2 Å². The van der Waals surface area contributed by atoms with E-state index in [-0.39, 0.29) is 0 Å². The first-order valence-corrected chi connectivity index (χ1v) is 5.09. The molecule has 3 aromatic rings. The highest BCUT2D eigenvalue weighted by Crippen LogP contribution is 2.30. The molecule has 0 fully saturated rings. The van der Waals surface area contributed by atoms with Crippen molar-refractivity contribution in [3.8, 4) is 10.7 Å². The first kappa shape index (κ1) is 7.70. The highest BCUT2D eigenvalue weighted by atomic mass is 32.1. The number of nitrogens with one attached hydrogen (secondary N) is 1. The van der Waals surface area contributed by atoms with Gasteiger partial charge in [-0.2, -0.15) is 5.10 Å². The summed E-state index contributed by atoms with van der Waals surface area (Å²) < 4.78 is 1.28. The first-order valence-electron chi connectivity index (χ1n) is 4.28. The van der Waals surface area contributed by atoms with Gasteiger partial charge >= 0.3 is 0 Å². The predicted molar refractivity (Wildman–Crippen MR) is 57.2 cm³/mol. The zero-order chi connectivity index (χ0) is 9.38. The fraction of sp³-hybridized carbons (Fsp3) is 0. The second-order valence-electron chi connectivity index (χ2n) is 2.98. The van der Waals surface area contributed by atoms with Crippen molar-refractivity contribution in [2.45, 2.75) is 0 Å². The molecule has 0 spiro atoms. The minimum Gasteiger partial charge on any atom is -0.259 e. The smallest absolute Gasteiger partial charge is 0.165 e. The Hall–Kier alpha value is -1.68. The topological polar surface area (TPSA) is 41.6 Å². The third-order valence-electron chi connectivity index (χ3n) is 2.07. The number of aromatic nitrogens is 3. The highest BCUT2D eigenvalue weighted by molar-refractivity contribution is 7.22. The van der Waals surface area contributed by atoms with Gasteiger partial charge in [0.25, 0.3) is 0 Å². The van der Waals surface area contributed by atoms with Gasteiger partial charge in [-0.3, -0.25) is 5.10 Å². The summed E-state index contributed by atoms with van der Waals surface area (Å²) in [7, 11) is 0. The van der Waals surface area contributed by atoms with E-state index in [9.17, 15) is 0 Å². The maximum absolute atomic E-state index is 4.13. The molecule has 0 aliphatic heterocycles. The molecule has 0 bridgehead atoms. The molecule has 2 heterocycles. The summed E-state index contributed by atoms with van der Waals surface area (Å²) in [4.78, 5) is 5.25. The molecule has 2 aromatic heterocycles. The lowest BCUT2D eigenvalue weighted by molar-refractivity contribution is 1.10. The van der Waals surface area contributed by atoms with Gasteiger partial charge in [-0.15, -0.1) is 11.3 Å². The van der Waals surface area contributed by atoms with Gasteiger partial charge in [0.15, 0.2) is 5.82 Å². The average molecular weight is 201 g/mol. The van der Waals surface area contributed by atoms with Gasteiger partial charge in [0.1, 0.15) is 6.33 Å². The van der Waals surface area contributed by atoms with Crippen molar-refractivity contribution >= 4 is 21.4 Å². The fourth-order valence-corrected chi connectivity index (χ4v) is 2.43. The Balaban J connectivity index is 2.24. The summed E-state index contributed by atoms with van der Waals surface area (Å²) >= 11 is 1.72. The van der Waals surface area contributed by atoms with Crippen LogP contribution in [0.5, 0.6) is 0 Å². The zero-order valence-corrected chi connectivity index (χ0v) is 8.08. The van der Waals surface area contributed by atoms with E-state index in [1.54, 1.807) is 11.3 Å². The van der Waals surface area contributed by atoms with Crippen LogP contribution in [-0.4, -0.2) is 15.2 Å². The summed E-state index contributed by atoms with van der Waals surface area (Å²) in [5.74, 6) is 0.839. The Morgan fingerprint density at radius 3 is 2.93 bits per heavy atom. The lowest BCUT2D eigenvalue weighted by atomic mass is 10.2. The number of thiophene rings is 1. The number of aromatic amines is 1. The molecule has 0 unspecified atom stereocenters. The molecular formula is C10H7N3S. The van der Waals surface area contributed by atoms with Gasteiger partial charge in [-0.05, 0) is 17.5 Å². The number of benzene rings is 1. The van der Waals surface area contributed by atoms with E-state index in [1.165, 1.54) is 16.4 Å². The monoisotopic (exact) mass is 201 g/mol. The van der Waals surface area contributed by atoms with E-state index in [0.717, 1.165) is 10.7 Å². The molecule has 14 heavy (non-hydrogen) atoms. The molecule has 3 nitrogen and oxygen atoms in total. The van der Waals surface area contributed by atoms with Crippen molar-refractivity contribution in [3.63, 3.8) is 0 Å². The maximum Gasteiger partial charge on any atom is 0.165 e. The quantitative estimate of drug-likeness (QED) is 0.657. The molecule has 68 valence electrons. The van der Waals surface area contributed by atoms with Crippen LogP contribution < -0.4 is 0 Å². The highest BCUT2D eigenvalue weighted by Gasteiger charge is 2.04. The van der Waals surface area contributed by atoms with E-state index in [2.05, 4.69) is 33.4 Å². The summed E-state index contributed by atoms with van der Waals surface area (Å²) in [5, 5.41) is 7.96. The van der Waals surface area contributed by atoms with E-state index >= 15 is 0 Å². The second kappa shape index (κ2) is 2.92. The Bertz CT molecular complexity index is 521. The number of H-pyrrole nitrogens is 1. The Kier molecular flexibility index (Phi) is 1.61. The molecule has 0 atom stereocenters. The van der Waals surface area contributed by atoms with Gasteiger partial charge in [0.05, 0.1) is 4.88 Å². The molecule has 0 aliphatic rings. The Morgan fingerprint density at radius 2 is 2.14 bits per heavy atom. The normalized spacial score (nSPS) is 10.9. The van der Waals surface area contributed by atoms with Crippen LogP contribution in [0.15, 0.2) is 36.7 Å². The molecule has 0 saturated carbocycles. The van der Waals surface area contributed by atoms with E-state index in [0.29, 0.717) is 0 Å². The second-order valence-corrected chi connectivity index (χ2v) is 4.07. The molecule has 0 radical (unpaired) electrons. The van der Waals surface area contributed by atoms with Crippen LogP contribution in [-0.2, 0) is 0 Å². The number of nitrogens with zero attached hydrogens (tertiary/aromatic N) is 2. The molecule has 1 N–H and O–H groups in total. The average Bonchev–Trinajstić information content (AvgIpc) is 2.86. The summed E-state index contributed by atoms with van der Waals surface area (Å²) in [6, 6.07) is 10.4. The molecule has 0 aliphatic carbocycles. The number of hydrogen-bond donors (Lipinski definition) is 1. The molecule has 4 heteroatoms. The third-order valence-corrected chi connectivity index (χ3v) is 3.20.